The van der Waals surface area contributed by atoms with Crippen LogP contribution in [0.2, 0.25) is 0 Å². The number of benzene rings is 1. The van der Waals surface area contributed by atoms with Crippen molar-refractivity contribution in [1.82, 2.24) is 0 Å². The molecule has 1 N–H and O–H groups in total. The topological polar surface area (TPSA) is 46.5 Å². The van der Waals surface area contributed by atoms with Gasteiger partial charge in [0.2, 0.25) is 0 Å². The van der Waals surface area contributed by atoms with Gasteiger partial charge in [-0.3, -0.25) is 0 Å². The maximum atomic E-state index is 11.3. The smallest absolute Gasteiger partial charge is 0.338 e. The normalized spacial score (nSPS) is 11.1. The molecule has 0 aliphatic heterocycles. The SMILES string of the molecule is C=C(C)C(=O)Oc1ccc(C(C)(C)C)cc1O. The van der Waals surface area contributed by atoms with E-state index in [2.05, 4.69) is 6.58 Å². The lowest BCUT2D eigenvalue weighted by atomic mass is 9.87. The maximum Gasteiger partial charge on any atom is 0.338 e. The molecule has 0 aliphatic carbocycles. The number of carbonyl (C=O) groups excluding carboxylic acids is 1. The first-order chi connectivity index (χ1) is 7.71. The van der Waals surface area contributed by atoms with Gasteiger partial charge in [0.1, 0.15) is 0 Å². The standard InChI is InChI=1S/C14H18O3/c1-9(2)13(16)17-12-7-6-10(8-11(12)15)14(3,4)5/h6-8,15H,1H2,2-5H3. The monoisotopic (exact) mass is 234 g/mol. The van der Waals surface area contributed by atoms with Crippen LogP contribution in [0, 0.1) is 0 Å². The van der Waals surface area contributed by atoms with Gasteiger partial charge in [0.25, 0.3) is 0 Å². The molecule has 1 rings (SSSR count). The molecule has 0 spiro atoms. The van der Waals surface area contributed by atoms with E-state index in [-0.39, 0.29) is 16.9 Å². The third-order valence-corrected chi connectivity index (χ3v) is 2.38. The zero-order chi connectivity index (χ0) is 13.2. The summed E-state index contributed by atoms with van der Waals surface area (Å²) in [7, 11) is 0. The largest absolute Gasteiger partial charge is 0.504 e. The molecule has 1 aromatic carbocycles. The first-order valence-corrected chi connectivity index (χ1v) is 5.43. The van der Waals surface area contributed by atoms with Gasteiger partial charge in [-0.25, -0.2) is 4.79 Å². The summed E-state index contributed by atoms with van der Waals surface area (Å²) in [5.41, 5.74) is 1.21. The third-order valence-electron chi connectivity index (χ3n) is 2.38. The molecular weight excluding hydrogens is 216 g/mol. The average molecular weight is 234 g/mol. The molecule has 0 aromatic heterocycles. The van der Waals surface area contributed by atoms with Crippen LogP contribution >= 0.6 is 0 Å². The van der Waals surface area contributed by atoms with Crippen LogP contribution in [0.3, 0.4) is 0 Å². The van der Waals surface area contributed by atoms with Crippen molar-refractivity contribution in [3.05, 3.63) is 35.9 Å². The fourth-order valence-corrected chi connectivity index (χ4v) is 1.26. The number of phenols is 1. The van der Waals surface area contributed by atoms with Crippen molar-refractivity contribution in [3.63, 3.8) is 0 Å². The van der Waals surface area contributed by atoms with E-state index in [0.29, 0.717) is 5.57 Å². The Labute approximate surface area is 102 Å². The summed E-state index contributed by atoms with van der Waals surface area (Å²) in [6.45, 7) is 11.2. The van der Waals surface area contributed by atoms with Gasteiger partial charge >= 0.3 is 5.97 Å². The quantitative estimate of drug-likeness (QED) is 0.485. The average Bonchev–Trinajstić information content (AvgIpc) is 2.19. The van der Waals surface area contributed by atoms with Gasteiger partial charge in [-0.2, -0.15) is 0 Å². The Morgan fingerprint density at radius 1 is 1.35 bits per heavy atom. The molecule has 0 saturated carbocycles. The highest BCUT2D eigenvalue weighted by Crippen LogP contribution is 2.32. The van der Waals surface area contributed by atoms with Crippen LogP contribution in [0.1, 0.15) is 33.3 Å². The van der Waals surface area contributed by atoms with Gasteiger partial charge in [-0.15, -0.1) is 0 Å². The molecule has 3 heteroatoms. The van der Waals surface area contributed by atoms with Crippen LogP contribution in [-0.4, -0.2) is 11.1 Å². The molecule has 0 atom stereocenters. The molecule has 0 radical (unpaired) electrons. The molecule has 0 bridgehead atoms. The van der Waals surface area contributed by atoms with E-state index in [1.165, 1.54) is 0 Å². The highest BCUT2D eigenvalue weighted by atomic mass is 16.5. The summed E-state index contributed by atoms with van der Waals surface area (Å²) in [5.74, 6) is -0.415. The molecule has 0 aliphatic rings. The Hall–Kier alpha value is -1.77. The van der Waals surface area contributed by atoms with Crippen molar-refractivity contribution in [2.75, 3.05) is 0 Å². The number of phenolic OH excluding ortho intramolecular Hbond substituents is 1. The molecule has 0 heterocycles. The minimum absolute atomic E-state index is 0.0352. The van der Waals surface area contributed by atoms with Gasteiger partial charge in [0.15, 0.2) is 11.5 Å². The summed E-state index contributed by atoms with van der Waals surface area (Å²) in [5, 5.41) is 9.78. The zero-order valence-electron chi connectivity index (χ0n) is 10.7. The van der Waals surface area contributed by atoms with Crippen LogP contribution in [0.5, 0.6) is 11.5 Å². The van der Waals surface area contributed by atoms with Gasteiger partial charge < -0.3 is 9.84 Å². The summed E-state index contributed by atoms with van der Waals surface area (Å²) in [6, 6.07) is 5.04. The van der Waals surface area contributed by atoms with E-state index in [9.17, 15) is 9.90 Å². The highest BCUT2D eigenvalue weighted by molar-refractivity contribution is 5.89. The molecule has 92 valence electrons. The first-order valence-electron chi connectivity index (χ1n) is 5.43. The van der Waals surface area contributed by atoms with Crippen molar-refractivity contribution in [2.45, 2.75) is 33.1 Å². The Morgan fingerprint density at radius 3 is 2.35 bits per heavy atom. The second-order valence-corrected chi connectivity index (χ2v) is 5.10. The molecule has 0 saturated heterocycles. The second-order valence-electron chi connectivity index (χ2n) is 5.10. The van der Waals surface area contributed by atoms with Crippen molar-refractivity contribution in [3.8, 4) is 11.5 Å². The van der Waals surface area contributed by atoms with E-state index in [1.807, 2.05) is 26.8 Å². The molecule has 0 unspecified atom stereocenters. The number of ether oxygens (including phenoxy) is 1. The van der Waals surface area contributed by atoms with Crippen LogP contribution in [0.15, 0.2) is 30.4 Å². The lowest BCUT2D eigenvalue weighted by Crippen LogP contribution is -2.12. The Balaban J connectivity index is 2.99. The van der Waals surface area contributed by atoms with Gasteiger partial charge in [-0.1, -0.05) is 33.4 Å². The summed E-state index contributed by atoms with van der Waals surface area (Å²) in [4.78, 5) is 11.3. The lowest BCUT2D eigenvalue weighted by Gasteiger charge is -2.19. The van der Waals surface area contributed by atoms with E-state index >= 15 is 0 Å². The molecule has 1 aromatic rings. The van der Waals surface area contributed by atoms with E-state index in [0.717, 1.165) is 5.56 Å². The van der Waals surface area contributed by atoms with Crippen molar-refractivity contribution < 1.29 is 14.6 Å². The fraction of sp³-hybridized carbons (Fsp3) is 0.357. The molecule has 3 nitrogen and oxygen atoms in total. The first kappa shape index (κ1) is 13.3. The predicted octanol–water partition coefficient (Wildman–Crippen LogP) is 3.17. The number of esters is 1. The van der Waals surface area contributed by atoms with Crippen LogP contribution in [0.25, 0.3) is 0 Å². The third kappa shape index (κ3) is 3.34. The Morgan fingerprint density at radius 2 is 1.94 bits per heavy atom. The number of carbonyl (C=O) groups is 1. The van der Waals surface area contributed by atoms with Crippen LogP contribution in [0.4, 0.5) is 0 Å². The van der Waals surface area contributed by atoms with Gasteiger partial charge in [0, 0.05) is 5.57 Å². The maximum absolute atomic E-state index is 11.3. The zero-order valence-corrected chi connectivity index (χ0v) is 10.7. The number of aromatic hydroxyl groups is 1. The van der Waals surface area contributed by atoms with E-state index in [1.54, 1.807) is 19.1 Å². The molecule has 0 fully saturated rings. The van der Waals surface area contributed by atoms with E-state index in [4.69, 9.17) is 4.74 Å². The highest BCUT2D eigenvalue weighted by Gasteiger charge is 2.17. The molecule has 0 amide bonds. The van der Waals surface area contributed by atoms with Crippen molar-refractivity contribution in [1.29, 1.82) is 0 Å². The Kier molecular flexibility index (Phi) is 3.61. The minimum atomic E-state index is -0.538. The van der Waals surface area contributed by atoms with Crippen LogP contribution in [-0.2, 0) is 10.2 Å². The summed E-state index contributed by atoms with van der Waals surface area (Å²) < 4.78 is 4.99. The minimum Gasteiger partial charge on any atom is -0.504 e. The van der Waals surface area contributed by atoms with Crippen molar-refractivity contribution >= 4 is 5.97 Å². The van der Waals surface area contributed by atoms with Gasteiger partial charge in [0.05, 0.1) is 0 Å². The summed E-state index contributed by atoms with van der Waals surface area (Å²) in [6.07, 6.45) is 0. The number of hydrogen-bond donors (Lipinski definition) is 1. The second kappa shape index (κ2) is 4.62. The fourth-order valence-electron chi connectivity index (χ4n) is 1.26. The number of hydrogen-bond acceptors (Lipinski definition) is 3. The predicted molar refractivity (Wildman–Crippen MR) is 67.3 cm³/mol. The van der Waals surface area contributed by atoms with Crippen molar-refractivity contribution in [2.24, 2.45) is 0 Å². The number of rotatable bonds is 2. The summed E-state index contributed by atoms with van der Waals surface area (Å²) >= 11 is 0. The lowest BCUT2D eigenvalue weighted by molar-refractivity contribution is -0.130. The van der Waals surface area contributed by atoms with E-state index < -0.39 is 5.97 Å². The molecular formula is C14H18O3. The Bertz CT molecular complexity index is 453. The van der Waals surface area contributed by atoms with Crippen LogP contribution < -0.4 is 4.74 Å². The van der Waals surface area contributed by atoms with Gasteiger partial charge in [-0.05, 0) is 30.0 Å². The molecule has 17 heavy (non-hydrogen) atoms.